The highest BCUT2D eigenvalue weighted by atomic mass is 16.3. The molecule has 0 saturated carbocycles. The molecule has 0 spiro atoms. The van der Waals surface area contributed by atoms with E-state index in [-0.39, 0.29) is 58.9 Å². The van der Waals surface area contributed by atoms with Crippen molar-refractivity contribution in [2.75, 3.05) is 39.6 Å². The molecule has 12 N–H and O–H groups in total. The summed E-state index contributed by atoms with van der Waals surface area (Å²) >= 11 is 0. The molecule has 0 radical (unpaired) electrons. The summed E-state index contributed by atoms with van der Waals surface area (Å²) in [4.78, 5) is 0. The number of hydrogen-bond donors (Lipinski definition) is 9. The van der Waals surface area contributed by atoms with Crippen molar-refractivity contribution in [3.8, 4) is 0 Å². The standard InChI is InChI=1S/C31H49N3O6/c32-25-19-22(4-13-35)1-7-29(25,10-16-38)28(30(11-17-39)8-2-23(5-14-36)20-26(30)33)31(12-18-40)9-3-24(6-15-37)21-27(31)34/h1-3,7-9,19-21,25-28,35-40H,4-6,10-18,32-34H2. The Morgan fingerprint density at radius 1 is 0.500 bits per heavy atom. The van der Waals surface area contributed by atoms with Crippen LogP contribution in [-0.4, -0.2) is 88.4 Å². The van der Waals surface area contributed by atoms with E-state index in [0.717, 1.165) is 16.7 Å². The van der Waals surface area contributed by atoms with Crippen LogP contribution in [0.3, 0.4) is 0 Å². The minimum Gasteiger partial charge on any atom is -0.396 e. The number of rotatable bonds is 15. The van der Waals surface area contributed by atoms with Crippen LogP contribution in [0.15, 0.2) is 71.4 Å². The van der Waals surface area contributed by atoms with Crippen LogP contribution >= 0.6 is 0 Å². The summed E-state index contributed by atoms with van der Waals surface area (Å²) in [6, 6.07) is -1.77. The third-order valence-corrected chi connectivity index (χ3v) is 9.31. The molecule has 9 heteroatoms. The van der Waals surface area contributed by atoms with Crippen molar-refractivity contribution in [2.45, 2.75) is 56.7 Å². The lowest BCUT2D eigenvalue weighted by atomic mass is 9.43. The highest BCUT2D eigenvalue weighted by Crippen LogP contribution is 2.62. The Hall–Kier alpha value is -1.92. The first-order valence-corrected chi connectivity index (χ1v) is 14.3. The predicted molar refractivity (Wildman–Crippen MR) is 157 cm³/mol. The van der Waals surface area contributed by atoms with Crippen LogP contribution in [0.5, 0.6) is 0 Å². The molecule has 0 bridgehead atoms. The normalized spacial score (nSPS) is 34.4. The van der Waals surface area contributed by atoms with E-state index in [2.05, 4.69) is 0 Å². The Kier molecular flexibility index (Phi) is 11.7. The Morgan fingerprint density at radius 3 is 0.975 bits per heavy atom. The summed E-state index contributed by atoms with van der Waals surface area (Å²) in [6.45, 7) is -0.591. The Balaban J connectivity index is 2.35. The molecule has 6 atom stereocenters. The summed E-state index contributed by atoms with van der Waals surface area (Å²) in [5.41, 5.74) is 21.0. The second kappa shape index (κ2) is 14.3. The lowest BCUT2D eigenvalue weighted by Gasteiger charge is -2.62. The molecule has 3 aliphatic carbocycles. The zero-order valence-electron chi connectivity index (χ0n) is 23.4. The summed E-state index contributed by atoms with van der Waals surface area (Å²) in [7, 11) is 0. The molecular weight excluding hydrogens is 510 g/mol. The number of aliphatic hydroxyl groups excluding tert-OH is 6. The van der Waals surface area contributed by atoms with Crippen molar-refractivity contribution in [2.24, 2.45) is 39.4 Å². The van der Waals surface area contributed by atoms with Gasteiger partial charge in [0.25, 0.3) is 0 Å². The number of aliphatic hydroxyl groups is 6. The van der Waals surface area contributed by atoms with E-state index in [1.807, 2.05) is 54.7 Å². The molecule has 224 valence electrons. The van der Waals surface area contributed by atoms with E-state index < -0.39 is 40.3 Å². The van der Waals surface area contributed by atoms with E-state index in [1.54, 1.807) is 0 Å². The van der Waals surface area contributed by atoms with Gasteiger partial charge in [0.1, 0.15) is 0 Å². The maximum absolute atomic E-state index is 10.5. The van der Waals surface area contributed by atoms with Gasteiger partial charge in [0, 0.05) is 74.0 Å². The molecule has 0 aliphatic heterocycles. The maximum Gasteiger partial charge on any atom is 0.0471 e. The van der Waals surface area contributed by atoms with Crippen molar-refractivity contribution >= 4 is 0 Å². The molecule has 3 rings (SSSR count). The van der Waals surface area contributed by atoms with Gasteiger partial charge in [0.15, 0.2) is 0 Å². The maximum atomic E-state index is 10.5. The first-order valence-electron chi connectivity index (χ1n) is 14.3. The van der Waals surface area contributed by atoms with Gasteiger partial charge in [-0.1, -0.05) is 54.7 Å². The molecular formula is C31H49N3O6. The van der Waals surface area contributed by atoms with Gasteiger partial charge < -0.3 is 47.8 Å². The van der Waals surface area contributed by atoms with Crippen molar-refractivity contribution in [3.05, 3.63) is 71.4 Å². The van der Waals surface area contributed by atoms with E-state index in [1.165, 1.54) is 0 Å². The van der Waals surface area contributed by atoms with E-state index >= 15 is 0 Å². The molecule has 0 aromatic rings. The zero-order chi connectivity index (χ0) is 29.4. The number of allylic oxidation sites excluding steroid dienone is 3. The Morgan fingerprint density at radius 2 is 0.775 bits per heavy atom. The van der Waals surface area contributed by atoms with Crippen molar-refractivity contribution in [3.63, 3.8) is 0 Å². The van der Waals surface area contributed by atoms with Crippen molar-refractivity contribution in [1.29, 1.82) is 0 Å². The van der Waals surface area contributed by atoms with Crippen molar-refractivity contribution in [1.82, 2.24) is 0 Å². The second-order valence-electron chi connectivity index (χ2n) is 11.4. The van der Waals surface area contributed by atoms with Crippen molar-refractivity contribution < 1.29 is 30.6 Å². The topological polar surface area (TPSA) is 199 Å². The highest BCUT2D eigenvalue weighted by molar-refractivity contribution is 5.42. The third kappa shape index (κ3) is 6.13. The van der Waals surface area contributed by atoms with Gasteiger partial charge in [-0.25, -0.2) is 0 Å². The van der Waals surface area contributed by atoms with Gasteiger partial charge in [-0.05, 0) is 61.2 Å². The van der Waals surface area contributed by atoms with Gasteiger partial charge in [0.05, 0.1) is 0 Å². The van der Waals surface area contributed by atoms with Gasteiger partial charge in [-0.3, -0.25) is 0 Å². The zero-order valence-corrected chi connectivity index (χ0v) is 23.4. The molecule has 40 heavy (non-hydrogen) atoms. The van der Waals surface area contributed by atoms with Gasteiger partial charge >= 0.3 is 0 Å². The summed E-state index contributed by atoms with van der Waals surface area (Å²) in [5.74, 6) is -0.506. The van der Waals surface area contributed by atoms with Gasteiger partial charge in [-0.15, -0.1) is 0 Å². The third-order valence-electron chi connectivity index (χ3n) is 9.31. The molecule has 0 fully saturated rings. The summed E-state index contributed by atoms with van der Waals surface area (Å²) in [6.07, 6.45) is 19.8. The lowest BCUT2D eigenvalue weighted by molar-refractivity contribution is -0.0580. The molecule has 3 aliphatic rings. The quantitative estimate of drug-likeness (QED) is 0.136. The van der Waals surface area contributed by atoms with Crippen LogP contribution in [0.1, 0.15) is 38.5 Å². The first-order chi connectivity index (χ1) is 19.2. The fraction of sp³-hybridized carbons (Fsp3) is 0.613. The van der Waals surface area contributed by atoms with Crippen LogP contribution in [0.25, 0.3) is 0 Å². The Bertz CT molecular complexity index is 908. The molecule has 6 unspecified atom stereocenters. The number of nitrogens with two attached hydrogens (primary N) is 3. The fourth-order valence-corrected chi connectivity index (χ4v) is 7.46. The monoisotopic (exact) mass is 559 g/mol. The lowest BCUT2D eigenvalue weighted by Crippen LogP contribution is -2.65. The summed E-state index contributed by atoms with van der Waals surface area (Å²) < 4.78 is 0. The van der Waals surface area contributed by atoms with Crippen LogP contribution < -0.4 is 17.2 Å². The average molecular weight is 560 g/mol. The van der Waals surface area contributed by atoms with Crippen LogP contribution in [0.4, 0.5) is 0 Å². The molecule has 0 saturated heterocycles. The second-order valence-corrected chi connectivity index (χ2v) is 11.4. The molecule has 0 heterocycles. The largest absolute Gasteiger partial charge is 0.396 e. The summed E-state index contributed by atoms with van der Waals surface area (Å²) in [5, 5.41) is 60.1. The van der Waals surface area contributed by atoms with Crippen LogP contribution in [0.2, 0.25) is 0 Å². The van der Waals surface area contributed by atoms with E-state index in [0.29, 0.717) is 19.3 Å². The SMILES string of the molecule is NC1C=C(CCO)C=CC1(CCO)C(C1(CCO)C=CC(CCO)=CC1N)C1(CCO)C=CC(CCO)=CC1N. The molecule has 9 nitrogen and oxygen atoms in total. The minimum atomic E-state index is -0.896. The first kappa shape index (κ1) is 32.6. The highest BCUT2D eigenvalue weighted by Gasteiger charge is 2.62. The average Bonchev–Trinajstić information content (AvgIpc) is 2.91. The van der Waals surface area contributed by atoms with Gasteiger partial charge in [0.2, 0.25) is 0 Å². The smallest absolute Gasteiger partial charge is 0.0471 e. The van der Waals surface area contributed by atoms with Gasteiger partial charge in [-0.2, -0.15) is 0 Å². The van der Waals surface area contributed by atoms with E-state index in [4.69, 9.17) is 17.2 Å². The molecule has 0 aromatic carbocycles. The molecule has 0 amide bonds. The predicted octanol–water partition coefficient (Wildman–Crippen LogP) is 0.327. The van der Waals surface area contributed by atoms with Crippen LogP contribution in [-0.2, 0) is 0 Å². The van der Waals surface area contributed by atoms with Crippen LogP contribution in [0, 0.1) is 22.2 Å². The van der Waals surface area contributed by atoms with E-state index in [9.17, 15) is 30.6 Å². The molecule has 0 aromatic heterocycles. The minimum absolute atomic E-state index is 0.0275. The fourth-order valence-electron chi connectivity index (χ4n) is 7.46. The number of hydrogen-bond acceptors (Lipinski definition) is 9. The Labute approximate surface area is 237 Å².